The van der Waals surface area contributed by atoms with E-state index in [9.17, 15) is 0 Å². The van der Waals surface area contributed by atoms with Crippen LogP contribution in [0.25, 0.3) is 32.3 Å². The lowest BCUT2D eigenvalue weighted by molar-refractivity contribution is 1.00. The van der Waals surface area contributed by atoms with Gasteiger partial charge in [-0.1, -0.05) is 91.0 Å². The molecule has 0 atom stereocenters. The summed E-state index contributed by atoms with van der Waals surface area (Å²) in [6.45, 7) is 1.02. The van der Waals surface area contributed by atoms with E-state index in [0.717, 1.165) is 24.3 Å². The second-order valence-electron chi connectivity index (χ2n) is 10.1. The van der Waals surface area contributed by atoms with E-state index in [1.807, 2.05) is 0 Å². The maximum atomic E-state index is 2.50. The van der Waals surface area contributed by atoms with Gasteiger partial charge in [0.15, 0.2) is 0 Å². The van der Waals surface area contributed by atoms with Gasteiger partial charge in [0, 0.05) is 40.1 Å². The highest BCUT2D eigenvalue weighted by Crippen LogP contribution is 2.46. The molecule has 0 spiro atoms. The van der Waals surface area contributed by atoms with Crippen LogP contribution in [-0.4, -0.2) is 6.54 Å². The number of anilines is 5. The first kappa shape index (κ1) is 21.3. The van der Waals surface area contributed by atoms with Crippen LogP contribution in [0.5, 0.6) is 0 Å². The molecule has 180 valence electrons. The Hall–Kier alpha value is -4.82. The Labute approximate surface area is 222 Å². The van der Waals surface area contributed by atoms with Crippen molar-refractivity contribution in [3.63, 3.8) is 0 Å². The largest absolute Gasteiger partial charge is 0.340 e. The second kappa shape index (κ2) is 8.36. The standard InChI is InChI=1S/C36H26N2/c1-3-10-28(11-4-1)38(29-12-5-2-6-13-29)34-22-18-27-15-19-30-33(37-24-23-25-9-7-8-14-32(25)37)21-17-26-16-20-31(34)36(27)35(26)30/h1-22H,23-24H2. The van der Waals surface area contributed by atoms with Crippen LogP contribution in [0, 0.1) is 0 Å². The predicted octanol–water partition coefficient (Wildman–Crippen LogP) is 9.75. The zero-order valence-electron chi connectivity index (χ0n) is 21.0. The average molecular weight is 487 g/mol. The Morgan fingerprint density at radius 3 is 1.79 bits per heavy atom. The van der Waals surface area contributed by atoms with E-state index in [0.29, 0.717) is 0 Å². The Kier molecular flexibility index (Phi) is 4.68. The van der Waals surface area contributed by atoms with E-state index in [2.05, 4.69) is 143 Å². The summed E-state index contributed by atoms with van der Waals surface area (Å²) in [6.07, 6.45) is 1.09. The van der Waals surface area contributed by atoms with Gasteiger partial charge in [-0.05, 0) is 76.0 Å². The normalized spacial score (nSPS) is 13.0. The molecule has 1 aliphatic rings. The van der Waals surface area contributed by atoms with Crippen molar-refractivity contribution in [1.29, 1.82) is 0 Å². The fourth-order valence-corrected chi connectivity index (χ4v) is 6.37. The first-order valence-electron chi connectivity index (χ1n) is 13.3. The molecule has 1 aliphatic heterocycles. The number of fused-ring (bicyclic) bond motifs is 1. The molecule has 0 saturated carbocycles. The molecule has 8 rings (SSSR count). The van der Waals surface area contributed by atoms with Crippen molar-refractivity contribution in [2.45, 2.75) is 6.42 Å². The molecule has 1 heterocycles. The number of hydrogen-bond acceptors (Lipinski definition) is 2. The zero-order valence-corrected chi connectivity index (χ0v) is 21.0. The van der Waals surface area contributed by atoms with Crippen molar-refractivity contribution in [1.82, 2.24) is 0 Å². The van der Waals surface area contributed by atoms with E-state index in [1.54, 1.807) is 0 Å². The van der Waals surface area contributed by atoms with E-state index < -0.39 is 0 Å². The number of hydrogen-bond donors (Lipinski definition) is 0. The minimum Gasteiger partial charge on any atom is -0.340 e. The smallest absolute Gasteiger partial charge is 0.0540 e. The van der Waals surface area contributed by atoms with Gasteiger partial charge in [0.05, 0.1) is 5.69 Å². The highest BCUT2D eigenvalue weighted by atomic mass is 15.2. The van der Waals surface area contributed by atoms with Crippen molar-refractivity contribution >= 4 is 60.8 Å². The Balaban J connectivity index is 1.40. The molecule has 38 heavy (non-hydrogen) atoms. The van der Waals surface area contributed by atoms with E-state index in [1.165, 1.54) is 54.9 Å². The second-order valence-corrected chi connectivity index (χ2v) is 10.1. The Morgan fingerprint density at radius 1 is 0.474 bits per heavy atom. The summed E-state index contributed by atoms with van der Waals surface area (Å²) in [6, 6.07) is 48.6. The molecule has 2 nitrogen and oxygen atoms in total. The van der Waals surface area contributed by atoms with Gasteiger partial charge < -0.3 is 9.80 Å². The highest BCUT2D eigenvalue weighted by Gasteiger charge is 2.23. The van der Waals surface area contributed by atoms with Gasteiger partial charge in [-0.3, -0.25) is 0 Å². The lowest BCUT2D eigenvalue weighted by atomic mass is 9.92. The molecular weight excluding hydrogens is 460 g/mol. The third-order valence-corrected chi connectivity index (χ3v) is 8.07. The molecule has 0 radical (unpaired) electrons. The van der Waals surface area contributed by atoms with Crippen molar-refractivity contribution in [3.8, 4) is 0 Å². The predicted molar refractivity (Wildman–Crippen MR) is 162 cm³/mol. The molecule has 7 aromatic carbocycles. The van der Waals surface area contributed by atoms with Gasteiger partial charge in [-0.25, -0.2) is 0 Å². The number of para-hydroxylation sites is 3. The summed E-state index contributed by atoms with van der Waals surface area (Å²) in [4.78, 5) is 4.88. The summed E-state index contributed by atoms with van der Waals surface area (Å²) in [7, 11) is 0. The molecule has 0 N–H and O–H groups in total. The molecule has 0 bridgehead atoms. The van der Waals surface area contributed by atoms with E-state index >= 15 is 0 Å². The van der Waals surface area contributed by atoms with Gasteiger partial charge >= 0.3 is 0 Å². The lowest BCUT2D eigenvalue weighted by Crippen LogP contribution is -2.13. The van der Waals surface area contributed by atoms with Crippen LogP contribution in [0.15, 0.2) is 133 Å². The maximum Gasteiger partial charge on any atom is 0.0540 e. The number of benzene rings is 7. The molecular formula is C36H26N2. The van der Waals surface area contributed by atoms with E-state index in [-0.39, 0.29) is 0 Å². The van der Waals surface area contributed by atoms with Crippen molar-refractivity contribution < 1.29 is 0 Å². The monoisotopic (exact) mass is 486 g/mol. The van der Waals surface area contributed by atoms with Gasteiger partial charge in [-0.2, -0.15) is 0 Å². The lowest BCUT2D eigenvalue weighted by Gasteiger charge is -2.28. The molecule has 0 fully saturated rings. The minimum atomic E-state index is 1.02. The molecule has 0 aromatic heterocycles. The number of nitrogens with zero attached hydrogens (tertiary/aromatic N) is 2. The van der Waals surface area contributed by atoms with Gasteiger partial charge in [0.1, 0.15) is 0 Å². The van der Waals surface area contributed by atoms with Crippen LogP contribution in [0.2, 0.25) is 0 Å². The van der Waals surface area contributed by atoms with Crippen LogP contribution in [0.3, 0.4) is 0 Å². The molecule has 7 aromatic rings. The Morgan fingerprint density at radius 2 is 1.05 bits per heavy atom. The van der Waals surface area contributed by atoms with Crippen molar-refractivity contribution in [2.24, 2.45) is 0 Å². The highest BCUT2D eigenvalue weighted by molar-refractivity contribution is 6.28. The quantitative estimate of drug-likeness (QED) is 0.228. The molecule has 0 amide bonds. The van der Waals surface area contributed by atoms with Crippen molar-refractivity contribution in [3.05, 3.63) is 139 Å². The summed E-state index contributed by atoms with van der Waals surface area (Å²) in [5, 5.41) is 7.85. The SMILES string of the molecule is c1ccc(N(c2ccccc2)c2ccc3ccc4c(N5CCc6ccccc65)ccc5ccc2c3c54)cc1. The van der Waals surface area contributed by atoms with Gasteiger partial charge in [0.25, 0.3) is 0 Å². The third-order valence-electron chi connectivity index (χ3n) is 8.07. The third kappa shape index (κ3) is 3.13. The van der Waals surface area contributed by atoms with Gasteiger partial charge in [0.2, 0.25) is 0 Å². The van der Waals surface area contributed by atoms with Crippen LogP contribution in [0.4, 0.5) is 28.4 Å². The van der Waals surface area contributed by atoms with Crippen LogP contribution in [-0.2, 0) is 6.42 Å². The Bertz CT molecular complexity index is 1890. The minimum absolute atomic E-state index is 1.02. The summed E-state index contributed by atoms with van der Waals surface area (Å²) in [5.74, 6) is 0. The molecule has 2 heteroatoms. The van der Waals surface area contributed by atoms with Crippen LogP contribution < -0.4 is 9.80 Å². The summed E-state index contributed by atoms with van der Waals surface area (Å²) >= 11 is 0. The topological polar surface area (TPSA) is 6.48 Å². The fraction of sp³-hybridized carbons (Fsp3) is 0.0556. The molecule has 0 aliphatic carbocycles. The molecule has 0 saturated heterocycles. The molecule has 0 unspecified atom stereocenters. The van der Waals surface area contributed by atoms with Crippen molar-refractivity contribution in [2.75, 3.05) is 16.3 Å². The van der Waals surface area contributed by atoms with Crippen LogP contribution >= 0.6 is 0 Å². The van der Waals surface area contributed by atoms with Gasteiger partial charge in [-0.15, -0.1) is 0 Å². The summed E-state index contributed by atoms with van der Waals surface area (Å²) < 4.78 is 0. The van der Waals surface area contributed by atoms with E-state index in [4.69, 9.17) is 0 Å². The van der Waals surface area contributed by atoms with Crippen LogP contribution in [0.1, 0.15) is 5.56 Å². The zero-order chi connectivity index (χ0) is 25.1. The maximum absolute atomic E-state index is 2.50. The first-order chi connectivity index (χ1) is 18.9. The average Bonchev–Trinajstić information content (AvgIpc) is 3.42. The first-order valence-corrected chi connectivity index (χ1v) is 13.3. The number of rotatable bonds is 4. The summed E-state index contributed by atoms with van der Waals surface area (Å²) in [5.41, 5.74) is 7.57. The fourth-order valence-electron chi connectivity index (χ4n) is 6.37.